The van der Waals surface area contributed by atoms with Crippen LogP contribution in [-0.2, 0) is 19.4 Å². The van der Waals surface area contributed by atoms with Gasteiger partial charge in [-0.25, -0.2) is 8.78 Å². The summed E-state index contributed by atoms with van der Waals surface area (Å²) < 4.78 is 35.9. The number of phenolic OH excluding ortho intramolecular Hbond substituents is 1. The van der Waals surface area contributed by atoms with Crippen LogP contribution in [0.4, 0.5) is 20.3 Å². The Hall–Kier alpha value is -3.24. The lowest BCUT2D eigenvalue weighted by atomic mass is 9.95. The highest BCUT2D eigenvalue weighted by molar-refractivity contribution is 5.98. The van der Waals surface area contributed by atoms with Crippen molar-refractivity contribution in [3.05, 3.63) is 46.9 Å². The fraction of sp³-hybridized carbons (Fsp3) is 0.588. The number of phenols is 1. The van der Waals surface area contributed by atoms with Crippen LogP contribution in [0.1, 0.15) is 55.8 Å². The Morgan fingerprint density at radius 2 is 1.98 bits per heavy atom. The molecule has 3 saturated heterocycles. The van der Waals surface area contributed by atoms with Crippen LogP contribution in [-0.4, -0.2) is 82.2 Å². The molecule has 3 aromatic rings. The van der Waals surface area contributed by atoms with E-state index in [1.54, 1.807) is 18.2 Å². The molecule has 10 heteroatoms. The number of aliphatic hydroxyl groups excluding tert-OH is 1. The summed E-state index contributed by atoms with van der Waals surface area (Å²) >= 11 is 0. The lowest BCUT2D eigenvalue weighted by Crippen LogP contribution is -2.44. The van der Waals surface area contributed by atoms with Crippen LogP contribution in [0.25, 0.3) is 10.8 Å². The number of fused-ring (bicyclic) bond motifs is 5. The highest BCUT2D eigenvalue weighted by atomic mass is 19.1. The van der Waals surface area contributed by atoms with Crippen LogP contribution in [0.3, 0.4) is 0 Å². The van der Waals surface area contributed by atoms with Gasteiger partial charge in [0.2, 0.25) is 0 Å². The van der Waals surface area contributed by atoms with Crippen molar-refractivity contribution in [2.75, 3.05) is 49.1 Å². The Labute approximate surface area is 256 Å². The van der Waals surface area contributed by atoms with E-state index in [-0.39, 0.29) is 29.1 Å². The largest absolute Gasteiger partial charge is 0.508 e. The van der Waals surface area contributed by atoms with Crippen molar-refractivity contribution in [2.24, 2.45) is 11.8 Å². The number of rotatable bonds is 6. The summed E-state index contributed by atoms with van der Waals surface area (Å²) in [5.41, 5.74) is 3.07. The van der Waals surface area contributed by atoms with E-state index in [0.717, 1.165) is 78.9 Å². The first-order chi connectivity index (χ1) is 21.3. The predicted octanol–water partition coefficient (Wildman–Crippen LogP) is 4.76. The number of nitrogens with zero attached hydrogens (tertiary/aromatic N) is 5. The van der Waals surface area contributed by atoms with Gasteiger partial charge in [0.1, 0.15) is 30.2 Å². The summed E-state index contributed by atoms with van der Waals surface area (Å²) in [4.78, 5) is 16.7. The van der Waals surface area contributed by atoms with Crippen molar-refractivity contribution in [3.8, 4) is 11.8 Å². The van der Waals surface area contributed by atoms with Crippen molar-refractivity contribution < 1.29 is 23.7 Å². The van der Waals surface area contributed by atoms with Crippen molar-refractivity contribution >= 4 is 22.3 Å². The molecule has 5 heterocycles. The van der Waals surface area contributed by atoms with E-state index in [0.29, 0.717) is 63.0 Å². The summed E-state index contributed by atoms with van der Waals surface area (Å²) in [6, 6.07) is 6.94. The van der Waals surface area contributed by atoms with Crippen molar-refractivity contribution in [1.82, 2.24) is 14.9 Å². The molecule has 2 aromatic carbocycles. The average molecular weight is 606 g/mol. The lowest BCUT2D eigenvalue weighted by molar-refractivity contribution is 0.107. The number of piperidine rings is 1. The topological polar surface area (TPSA) is 85.2 Å². The number of ether oxygens (including phenoxy) is 1. The monoisotopic (exact) mass is 605 g/mol. The zero-order valence-corrected chi connectivity index (χ0v) is 25.3. The Kier molecular flexibility index (Phi) is 6.86. The minimum absolute atomic E-state index is 0.143. The number of aromatic nitrogens is 2. The van der Waals surface area contributed by atoms with Gasteiger partial charge in [0.25, 0.3) is 0 Å². The fourth-order valence-electron chi connectivity index (χ4n) is 9.04. The molecule has 1 saturated carbocycles. The van der Waals surface area contributed by atoms with Gasteiger partial charge in [-0.05, 0) is 74.1 Å². The molecule has 5 atom stereocenters. The minimum atomic E-state index is -0.835. The molecule has 2 N–H and O–H groups in total. The van der Waals surface area contributed by atoms with Crippen molar-refractivity contribution in [1.29, 1.82) is 0 Å². The Bertz CT molecular complexity index is 1600. The third kappa shape index (κ3) is 4.67. The Morgan fingerprint density at radius 3 is 2.82 bits per heavy atom. The Balaban J connectivity index is 1.16. The van der Waals surface area contributed by atoms with Gasteiger partial charge in [-0.15, -0.1) is 0 Å². The van der Waals surface area contributed by atoms with E-state index < -0.39 is 6.17 Å². The molecule has 4 aliphatic heterocycles. The molecule has 0 spiro atoms. The highest BCUT2D eigenvalue weighted by Gasteiger charge is 2.49. The molecule has 4 fully saturated rings. The maximum Gasteiger partial charge on any atom is 0.318 e. The SMILES string of the molecule is CCc1c(F)ccc2cc(O)cc(N3CCc4c(nc(OC[C@@]56CCCN5C[C@H](F)C6)nc4N4CC5CC(O)C(C5)C4)C3)c12. The first kappa shape index (κ1) is 28.2. The van der Waals surface area contributed by atoms with Gasteiger partial charge < -0.3 is 24.7 Å². The van der Waals surface area contributed by atoms with Crippen molar-refractivity contribution in [2.45, 2.75) is 76.2 Å². The number of hydrogen-bond donors (Lipinski definition) is 2. The summed E-state index contributed by atoms with van der Waals surface area (Å²) in [6.45, 7) is 6.40. The lowest BCUT2D eigenvalue weighted by Gasteiger charge is -2.37. The molecule has 0 radical (unpaired) electrons. The first-order valence-electron chi connectivity index (χ1n) is 16.3. The molecule has 44 heavy (non-hydrogen) atoms. The second-order valence-corrected chi connectivity index (χ2v) is 13.8. The summed E-state index contributed by atoms with van der Waals surface area (Å²) in [7, 11) is 0. The second-order valence-electron chi connectivity index (χ2n) is 13.8. The molecule has 1 aliphatic carbocycles. The number of alkyl halides is 1. The Morgan fingerprint density at radius 1 is 1.09 bits per heavy atom. The van der Waals surface area contributed by atoms with Gasteiger partial charge in [-0.1, -0.05) is 13.0 Å². The molecule has 8 rings (SSSR count). The average Bonchev–Trinajstić information content (AvgIpc) is 3.62. The fourth-order valence-corrected chi connectivity index (χ4v) is 9.04. The zero-order valence-electron chi connectivity index (χ0n) is 25.3. The van der Waals surface area contributed by atoms with Gasteiger partial charge in [0.15, 0.2) is 0 Å². The maximum atomic E-state index is 15.0. The van der Waals surface area contributed by atoms with E-state index in [1.165, 1.54) is 6.07 Å². The standard InChI is InChI=1S/C34H41F2N5O3/c1-2-25-27(36)5-4-21-12-24(42)13-29(31(21)25)39-9-6-26-28(18-39)37-33(44-19-34-7-3-8-41(34)17-23(35)14-34)38-32(26)40-15-20-10-22(16-40)30(43)11-20/h4-5,12-13,20,22-23,30,42-43H,2-3,6-11,14-19H2,1H3/t20?,22?,23-,30?,34+/m1/s1. The second kappa shape index (κ2) is 10.7. The van der Waals surface area contributed by atoms with Gasteiger partial charge in [-0.2, -0.15) is 9.97 Å². The quantitative estimate of drug-likeness (QED) is 0.416. The molecule has 3 unspecified atom stereocenters. The third-order valence-electron chi connectivity index (χ3n) is 11.1. The van der Waals surface area contributed by atoms with E-state index in [2.05, 4.69) is 14.7 Å². The number of benzene rings is 2. The molecule has 1 aromatic heterocycles. The van der Waals surface area contributed by atoms with Crippen LogP contribution in [0.15, 0.2) is 24.3 Å². The zero-order chi connectivity index (χ0) is 30.2. The number of anilines is 2. The van der Waals surface area contributed by atoms with E-state index in [1.807, 2.05) is 6.92 Å². The number of hydrogen-bond acceptors (Lipinski definition) is 8. The van der Waals surface area contributed by atoms with Crippen LogP contribution >= 0.6 is 0 Å². The van der Waals surface area contributed by atoms with Crippen LogP contribution in [0.2, 0.25) is 0 Å². The van der Waals surface area contributed by atoms with E-state index in [9.17, 15) is 19.0 Å². The third-order valence-corrected chi connectivity index (χ3v) is 11.1. The number of aliphatic hydroxyl groups is 1. The smallest absolute Gasteiger partial charge is 0.318 e. The van der Waals surface area contributed by atoms with Crippen LogP contribution in [0.5, 0.6) is 11.8 Å². The van der Waals surface area contributed by atoms with Gasteiger partial charge >= 0.3 is 6.01 Å². The summed E-state index contributed by atoms with van der Waals surface area (Å²) in [5.74, 6) is 1.45. The molecular weight excluding hydrogens is 564 g/mol. The molecule has 2 bridgehead atoms. The summed E-state index contributed by atoms with van der Waals surface area (Å²) in [5, 5.41) is 22.9. The normalized spacial score (nSPS) is 29.8. The van der Waals surface area contributed by atoms with Crippen LogP contribution < -0.4 is 14.5 Å². The molecule has 8 nitrogen and oxygen atoms in total. The van der Waals surface area contributed by atoms with Crippen molar-refractivity contribution in [3.63, 3.8) is 0 Å². The number of halogens is 2. The van der Waals surface area contributed by atoms with Gasteiger partial charge in [-0.3, -0.25) is 4.90 Å². The van der Waals surface area contributed by atoms with Gasteiger partial charge in [0, 0.05) is 61.2 Å². The molecule has 5 aliphatic rings. The minimum Gasteiger partial charge on any atom is -0.508 e. The molecule has 0 amide bonds. The highest BCUT2D eigenvalue weighted by Crippen LogP contribution is 2.43. The van der Waals surface area contributed by atoms with Gasteiger partial charge in [0.05, 0.1) is 23.9 Å². The first-order valence-corrected chi connectivity index (χ1v) is 16.3. The van der Waals surface area contributed by atoms with E-state index in [4.69, 9.17) is 14.7 Å². The van der Waals surface area contributed by atoms with Crippen LogP contribution in [0, 0.1) is 17.7 Å². The molecule has 234 valence electrons. The van der Waals surface area contributed by atoms with E-state index >= 15 is 0 Å². The summed E-state index contributed by atoms with van der Waals surface area (Å²) in [6.07, 6.45) is 4.42. The number of aryl methyl sites for hydroxylation is 1. The maximum absolute atomic E-state index is 15.0. The number of aromatic hydroxyl groups is 1. The predicted molar refractivity (Wildman–Crippen MR) is 165 cm³/mol. The molecular formula is C34H41F2N5O3.